The van der Waals surface area contributed by atoms with E-state index in [0.29, 0.717) is 0 Å². The van der Waals surface area contributed by atoms with Gasteiger partial charge < -0.3 is 10.2 Å². The fraction of sp³-hybridized carbons (Fsp3) is 0.125. The molecule has 0 bridgehead atoms. The molecular formula is C8H6ClNO5. The third kappa shape index (κ3) is 2.42. The van der Waals surface area contributed by atoms with Gasteiger partial charge in [0, 0.05) is 11.1 Å². The standard InChI is InChI=1S/C8H6ClNO5/c9-4-1-2-6(10(14)15)5(3-4)7(11)8(12)13/h1-3,7,11H,(H,12,13). The number of hydrogen-bond acceptors (Lipinski definition) is 4. The van der Waals surface area contributed by atoms with Gasteiger partial charge in [0.05, 0.1) is 10.5 Å². The molecule has 0 aliphatic rings. The highest BCUT2D eigenvalue weighted by Crippen LogP contribution is 2.28. The molecule has 0 radical (unpaired) electrons. The van der Waals surface area contributed by atoms with Crippen molar-refractivity contribution in [3.05, 3.63) is 38.9 Å². The molecule has 0 aliphatic carbocycles. The Bertz CT molecular complexity index is 419. The monoisotopic (exact) mass is 231 g/mol. The molecule has 6 nitrogen and oxygen atoms in total. The molecule has 15 heavy (non-hydrogen) atoms. The summed E-state index contributed by atoms with van der Waals surface area (Å²) in [5.74, 6) is -1.57. The molecule has 0 amide bonds. The minimum absolute atomic E-state index is 0.121. The van der Waals surface area contributed by atoms with Crippen LogP contribution in [0.4, 0.5) is 5.69 Å². The van der Waals surface area contributed by atoms with Crippen LogP contribution in [0.15, 0.2) is 18.2 Å². The Morgan fingerprint density at radius 1 is 1.53 bits per heavy atom. The highest BCUT2D eigenvalue weighted by molar-refractivity contribution is 6.30. The lowest BCUT2D eigenvalue weighted by molar-refractivity contribution is -0.386. The van der Waals surface area contributed by atoms with Crippen LogP contribution < -0.4 is 0 Å². The maximum absolute atomic E-state index is 10.5. The van der Waals surface area contributed by atoms with Crippen molar-refractivity contribution in [2.75, 3.05) is 0 Å². The van der Waals surface area contributed by atoms with Crippen LogP contribution in [-0.4, -0.2) is 21.1 Å². The number of hydrogen-bond donors (Lipinski definition) is 2. The lowest BCUT2D eigenvalue weighted by Gasteiger charge is -2.06. The number of rotatable bonds is 3. The summed E-state index contributed by atoms with van der Waals surface area (Å²) in [6, 6.07) is 3.35. The normalized spacial score (nSPS) is 12.1. The Balaban J connectivity index is 3.30. The number of benzene rings is 1. The van der Waals surface area contributed by atoms with Gasteiger partial charge in [0.15, 0.2) is 6.10 Å². The highest BCUT2D eigenvalue weighted by Gasteiger charge is 2.25. The Kier molecular flexibility index (Phi) is 3.23. The van der Waals surface area contributed by atoms with Crippen molar-refractivity contribution in [2.45, 2.75) is 6.10 Å². The van der Waals surface area contributed by atoms with Crippen LogP contribution in [0.2, 0.25) is 5.02 Å². The van der Waals surface area contributed by atoms with E-state index < -0.39 is 22.7 Å². The number of aliphatic hydroxyl groups is 1. The van der Waals surface area contributed by atoms with Crippen LogP contribution >= 0.6 is 11.6 Å². The number of carboxylic acids is 1. The fourth-order valence-corrected chi connectivity index (χ4v) is 1.22. The summed E-state index contributed by atoms with van der Waals surface area (Å²) in [5.41, 5.74) is -0.811. The van der Waals surface area contributed by atoms with Crippen molar-refractivity contribution in [1.82, 2.24) is 0 Å². The maximum Gasteiger partial charge on any atom is 0.337 e. The molecule has 1 atom stereocenters. The average molecular weight is 232 g/mol. The zero-order valence-electron chi connectivity index (χ0n) is 7.25. The van der Waals surface area contributed by atoms with E-state index in [4.69, 9.17) is 16.7 Å². The molecule has 1 aromatic carbocycles. The summed E-state index contributed by atoms with van der Waals surface area (Å²) in [4.78, 5) is 20.2. The van der Waals surface area contributed by atoms with E-state index in [9.17, 15) is 20.0 Å². The summed E-state index contributed by atoms with van der Waals surface area (Å²) >= 11 is 5.54. The predicted octanol–water partition coefficient (Wildman–Crippen LogP) is 1.37. The number of nitro benzene ring substituents is 1. The summed E-state index contributed by atoms with van der Waals surface area (Å²) < 4.78 is 0. The molecular weight excluding hydrogens is 226 g/mol. The van der Waals surface area contributed by atoms with Gasteiger partial charge in [0.2, 0.25) is 0 Å². The summed E-state index contributed by atoms with van der Waals surface area (Å²) in [6.45, 7) is 0. The van der Waals surface area contributed by atoms with Crippen LogP contribution in [0.5, 0.6) is 0 Å². The first kappa shape index (κ1) is 11.4. The molecule has 0 saturated heterocycles. The van der Waals surface area contributed by atoms with E-state index in [-0.39, 0.29) is 10.6 Å². The molecule has 80 valence electrons. The third-order valence-corrected chi connectivity index (χ3v) is 1.95. The summed E-state index contributed by atoms with van der Waals surface area (Å²) in [7, 11) is 0. The van der Waals surface area contributed by atoms with E-state index in [2.05, 4.69) is 0 Å². The quantitative estimate of drug-likeness (QED) is 0.604. The Morgan fingerprint density at radius 3 is 2.60 bits per heavy atom. The first-order valence-corrected chi connectivity index (χ1v) is 4.16. The second-order valence-electron chi connectivity index (χ2n) is 2.70. The Hall–Kier alpha value is -1.66. The summed E-state index contributed by atoms with van der Waals surface area (Å²) in [5, 5.41) is 28.3. The van der Waals surface area contributed by atoms with Crippen LogP contribution in [-0.2, 0) is 4.79 Å². The molecule has 0 fully saturated rings. The zero-order valence-corrected chi connectivity index (χ0v) is 8.01. The van der Waals surface area contributed by atoms with Gasteiger partial charge in [0.25, 0.3) is 5.69 Å². The van der Waals surface area contributed by atoms with Crippen molar-refractivity contribution < 1.29 is 19.9 Å². The lowest BCUT2D eigenvalue weighted by Crippen LogP contribution is -2.12. The van der Waals surface area contributed by atoms with E-state index in [1.807, 2.05) is 0 Å². The van der Waals surface area contributed by atoms with Crippen LogP contribution in [0.1, 0.15) is 11.7 Å². The Morgan fingerprint density at radius 2 is 2.13 bits per heavy atom. The molecule has 0 aliphatic heterocycles. The first-order valence-electron chi connectivity index (χ1n) is 3.78. The molecule has 1 unspecified atom stereocenters. The first-order chi connectivity index (χ1) is 6.93. The van der Waals surface area contributed by atoms with Gasteiger partial charge in [-0.2, -0.15) is 0 Å². The van der Waals surface area contributed by atoms with Gasteiger partial charge in [-0.1, -0.05) is 11.6 Å². The van der Waals surface area contributed by atoms with E-state index in [0.717, 1.165) is 12.1 Å². The van der Waals surface area contributed by atoms with Gasteiger partial charge in [-0.3, -0.25) is 10.1 Å². The van der Waals surface area contributed by atoms with E-state index in [1.165, 1.54) is 6.07 Å². The topological polar surface area (TPSA) is 101 Å². The molecule has 0 aromatic heterocycles. The highest BCUT2D eigenvalue weighted by atomic mass is 35.5. The fourth-order valence-electron chi connectivity index (χ4n) is 1.04. The molecule has 1 aromatic rings. The third-order valence-electron chi connectivity index (χ3n) is 1.71. The van der Waals surface area contributed by atoms with Crippen LogP contribution in [0, 0.1) is 10.1 Å². The number of halogens is 1. The molecule has 1 rings (SSSR count). The van der Waals surface area contributed by atoms with E-state index >= 15 is 0 Å². The summed E-state index contributed by atoms with van der Waals surface area (Å²) in [6.07, 6.45) is -1.95. The van der Waals surface area contributed by atoms with Gasteiger partial charge in [-0.15, -0.1) is 0 Å². The minimum atomic E-state index is -1.95. The van der Waals surface area contributed by atoms with Crippen molar-refractivity contribution in [3.8, 4) is 0 Å². The van der Waals surface area contributed by atoms with Gasteiger partial charge in [0.1, 0.15) is 0 Å². The van der Waals surface area contributed by atoms with Gasteiger partial charge >= 0.3 is 5.97 Å². The molecule has 0 saturated carbocycles. The second kappa shape index (κ2) is 4.24. The second-order valence-corrected chi connectivity index (χ2v) is 3.14. The Labute approximate surface area is 88.9 Å². The van der Waals surface area contributed by atoms with Crippen molar-refractivity contribution in [3.63, 3.8) is 0 Å². The number of nitro groups is 1. The molecule has 7 heteroatoms. The van der Waals surface area contributed by atoms with Crippen LogP contribution in [0.3, 0.4) is 0 Å². The van der Waals surface area contributed by atoms with E-state index in [1.54, 1.807) is 0 Å². The molecule has 2 N–H and O–H groups in total. The van der Waals surface area contributed by atoms with Crippen LogP contribution in [0.25, 0.3) is 0 Å². The number of nitrogens with zero attached hydrogens (tertiary/aromatic N) is 1. The number of carbonyl (C=O) groups is 1. The lowest BCUT2D eigenvalue weighted by atomic mass is 10.1. The zero-order chi connectivity index (χ0) is 11.6. The minimum Gasteiger partial charge on any atom is -0.479 e. The largest absolute Gasteiger partial charge is 0.479 e. The molecule has 0 heterocycles. The average Bonchev–Trinajstić information content (AvgIpc) is 2.15. The number of aliphatic carboxylic acids is 1. The van der Waals surface area contributed by atoms with Gasteiger partial charge in [-0.05, 0) is 12.1 Å². The SMILES string of the molecule is O=C(O)C(O)c1cc(Cl)ccc1[N+](=O)[O-]. The van der Waals surface area contributed by atoms with Crippen molar-refractivity contribution >= 4 is 23.3 Å². The van der Waals surface area contributed by atoms with Crippen molar-refractivity contribution in [2.24, 2.45) is 0 Å². The maximum atomic E-state index is 10.5. The van der Waals surface area contributed by atoms with Gasteiger partial charge in [-0.25, -0.2) is 4.79 Å². The predicted molar refractivity (Wildman–Crippen MR) is 50.7 cm³/mol. The number of carboxylic acid groups (broad SMARTS) is 1. The smallest absolute Gasteiger partial charge is 0.337 e. The van der Waals surface area contributed by atoms with Crippen molar-refractivity contribution in [1.29, 1.82) is 0 Å². The number of aliphatic hydroxyl groups excluding tert-OH is 1. The molecule has 0 spiro atoms.